The fourth-order valence-electron chi connectivity index (χ4n) is 2.12. The number of halogens is 2. The maximum Gasteiger partial charge on any atom is 0.246 e. The molecule has 5 nitrogen and oxygen atoms in total. The Balaban J connectivity index is 2.34. The van der Waals surface area contributed by atoms with E-state index in [0.717, 1.165) is 10.4 Å². The summed E-state index contributed by atoms with van der Waals surface area (Å²) in [6.07, 6.45) is -0.943. The third kappa shape index (κ3) is 3.20. The molecule has 0 saturated carbocycles. The largest absolute Gasteiger partial charge is 0.394 e. The monoisotopic (exact) mass is 367 g/mol. The van der Waals surface area contributed by atoms with Gasteiger partial charge in [0.2, 0.25) is 10.0 Å². The molecule has 1 N–H and O–H groups in total. The van der Waals surface area contributed by atoms with Crippen molar-refractivity contribution >= 4 is 26.0 Å². The third-order valence-electron chi connectivity index (χ3n) is 3.01. The topological polar surface area (TPSA) is 66.8 Å². The molecular formula is C12H15BrFNO4S. The van der Waals surface area contributed by atoms with Crippen molar-refractivity contribution in [2.45, 2.75) is 24.0 Å². The van der Waals surface area contributed by atoms with Crippen LogP contribution in [0, 0.1) is 5.82 Å². The number of aliphatic hydroxyl groups is 1. The predicted molar refractivity (Wildman–Crippen MR) is 74.3 cm³/mol. The number of nitrogens with zero attached hydrogens (tertiary/aromatic N) is 1. The number of hydrogen-bond acceptors (Lipinski definition) is 4. The van der Waals surface area contributed by atoms with E-state index < -0.39 is 21.9 Å². The van der Waals surface area contributed by atoms with Crippen LogP contribution in [0.5, 0.6) is 0 Å². The molecule has 0 radical (unpaired) electrons. The van der Waals surface area contributed by atoms with Crippen molar-refractivity contribution in [3.8, 4) is 0 Å². The average Bonchev–Trinajstić information content (AvgIpc) is 2.37. The maximum atomic E-state index is 13.9. The molecule has 1 aromatic carbocycles. The van der Waals surface area contributed by atoms with Crippen LogP contribution in [0.25, 0.3) is 0 Å². The highest BCUT2D eigenvalue weighted by Gasteiger charge is 2.35. The van der Waals surface area contributed by atoms with Gasteiger partial charge >= 0.3 is 0 Å². The van der Waals surface area contributed by atoms with E-state index >= 15 is 0 Å². The highest BCUT2D eigenvalue weighted by Crippen LogP contribution is 2.25. The van der Waals surface area contributed by atoms with Gasteiger partial charge in [-0.1, -0.05) is 15.9 Å². The molecule has 0 aromatic heterocycles. The van der Waals surface area contributed by atoms with Crippen LogP contribution in [0.4, 0.5) is 4.39 Å². The summed E-state index contributed by atoms with van der Waals surface area (Å²) in [7, 11) is -3.94. The van der Waals surface area contributed by atoms with Gasteiger partial charge in [-0.25, -0.2) is 12.8 Å². The molecule has 2 atom stereocenters. The van der Waals surface area contributed by atoms with Crippen LogP contribution in [-0.4, -0.2) is 49.7 Å². The van der Waals surface area contributed by atoms with E-state index in [9.17, 15) is 12.8 Å². The molecule has 1 saturated heterocycles. The first-order chi connectivity index (χ1) is 9.34. The number of ether oxygens (including phenoxy) is 1. The molecule has 1 aliphatic heterocycles. The molecule has 0 amide bonds. The molecule has 8 heteroatoms. The van der Waals surface area contributed by atoms with Crippen LogP contribution >= 0.6 is 15.9 Å². The van der Waals surface area contributed by atoms with Gasteiger partial charge in [0.25, 0.3) is 0 Å². The number of sulfonamides is 1. The van der Waals surface area contributed by atoms with E-state index in [4.69, 9.17) is 9.84 Å². The van der Waals surface area contributed by atoms with Crippen molar-refractivity contribution in [3.63, 3.8) is 0 Å². The lowest BCUT2D eigenvalue weighted by Gasteiger charge is -2.35. The molecular weight excluding hydrogens is 353 g/mol. The predicted octanol–water partition coefficient (Wildman–Crippen LogP) is 1.36. The molecule has 2 unspecified atom stereocenters. The number of rotatable bonds is 3. The fraction of sp³-hybridized carbons (Fsp3) is 0.500. The molecule has 0 spiro atoms. The van der Waals surface area contributed by atoms with Gasteiger partial charge in [-0.3, -0.25) is 0 Å². The summed E-state index contributed by atoms with van der Waals surface area (Å²) in [6.45, 7) is 1.58. The van der Waals surface area contributed by atoms with Gasteiger partial charge in [0, 0.05) is 17.6 Å². The van der Waals surface area contributed by atoms with Crippen LogP contribution in [0.1, 0.15) is 6.92 Å². The van der Waals surface area contributed by atoms with Crippen molar-refractivity contribution in [2.24, 2.45) is 0 Å². The number of aliphatic hydroxyl groups excluding tert-OH is 1. The summed E-state index contributed by atoms with van der Waals surface area (Å²) in [6, 6.07) is 3.81. The van der Waals surface area contributed by atoms with Crippen LogP contribution in [0.3, 0.4) is 0 Å². The van der Waals surface area contributed by atoms with E-state index in [1.807, 2.05) is 0 Å². The number of morpholine rings is 1. The Hall–Kier alpha value is -0.540. The molecule has 1 aromatic rings. The zero-order valence-electron chi connectivity index (χ0n) is 10.8. The van der Waals surface area contributed by atoms with Gasteiger partial charge in [-0.05, 0) is 25.1 Å². The van der Waals surface area contributed by atoms with Crippen molar-refractivity contribution < 1.29 is 22.7 Å². The summed E-state index contributed by atoms with van der Waals surface area (Å²) in [5, 5.41) is 9.13. The summed E-state index contributed by atoms with van der Waals surface area (Å²) in [4.78, 5) is -0.369. The van der Waals surface area contributed by atoms with Gasteiger partial charge < -0.3 is 9.84 Å². The van der Waals surface area contributed by atoms with Gasteiger partial charge in [0.05, 0.1) is 18.8 Å². The van der Waals surface area contributed by atoms with Crippen molar-refractivity contribution in [2.75, 3.05) is 19.7 Å². The molecule has 1 heterocycles. The van der Waals surface area contributed by atoms with Gasteiger partial charge in [0.1, 0.15) is 10.7 Å². The Morgan fingerprint density at radius 1 is 1.50 bits per heavy atom. The minimum absolute atomic E-state index is 0.0126. The molecule has 112 valence electrons. The minimum atomic E-state index is -3.94. The zero-order chi connectivity index (χ0) is 14.9. The first-order valence-corrected chi connectivity index (χ1v) is 8.29. The van der Waals surface area contributed by atoms with Crippen molar-refractivity contribution in [1.82, 2.24) is 4.31 Å². The molecule has 1 fully saturated rings. The van der Waals surface area contributed by atoms with Gasteiger partial charge in [-0.2, -0.15) is 4.31 Å². The van der Waals surface area contributed by atoms with E-state index in [1.165, 1.54) is 12.1 Å². The third-order valence-corrected chi connectivity index (χ3v) is 5.37. The van der Waals surface area contributed by atoms with Crippen LogP contribution in [-0.2, 0) is 14.8 Å². The lowest BCUT2D eigenvalue weighted by Crippen LogP contribution is -2.50. The summed E-state index contributed by atoms with van der Waals surface area (Å²) >= 11 is 3.09. The molecule has 1 aliphatic rings. The highest BCUT2D eigenvalue weighted by molar-refractivity contribution is 9.10. The van der Waals surface area contributed by atoms with E-state index in [-0.39, 0.29) is 30.7 Å². The van der Waals surface area contributed by atoms with Crippen LogP contribution in [0.15, 0.2) is 27.6 Å². The number of hydrogen-bond donors (Lipinski definition) is 1. The average molecular weight is 368 g/mol. The maximum absolute atomic E-state index is 13.9. The zero-order valence-corrected chi connectivity index (χ0v) is 13.2. The molecule has 0 aliphatic carbocycles. The Kier molecular flexibility index (Phi) is 4.80. The summed E-state index contributed by atoms with van der Waals surface area (Å²) in [5.41, 5.74) is 0. The second-order valence-corrected chi connectivity index (χ2v) is 7.47. The second-order valence-electron chi connectivity index (χ2n) is 4.65. The summed E-state index contributed by atoms with van der Waals surface area (Å²) in [5.74, 6) is -0.806. The van der Waals surface area contributed by atoms with Gasteiger partial charge in [-0.15, -0.1) is 0 Å². The van der Waals surface area contributed by atoms with E-state index in [0.29, 0.717) is 4.47 Å². The minimum Gasteiger partial charge on any atom is -0.394 e. The normalized spacial score (nSPS) is 24.8. The molecule has 20 heavy (non-hydrogen) atoms. The lowest BCUT2D eigenvalue weighted by molar-refractivity contribution is -0.0750. The standard InChI is InChI=1S/C12H15BrFNO4S/c1-8-5-15(6-10(7-16)19-8)20(17,18)12-3-2-9(13)4-11(12)14/h2-4,8,10,16H,5-7H2,1H3. The SMILES string of the molecule is CC1CN(S(=O)(=O)c2ccc(Br)cc2F)CC(CO)O1. The van der Waals surface area contributed by atoms with E-state index in [1.54, 1.807) is 6.92 Å². The lowest BCUT2D eigenvalue weighted by atomic mass is 10.2. The van der Waals surface area contributed by atoms with Crippen molar-refractivity contribution in [3.05, 3.63) is 28.5 Å². The Morgan fingerprint density at radius 2 is 2.20 bits per heavy atom. The molecule has 2 rings (SSSR count). The van der Waals surface area contributed by atoms with Crippen molar-refractivity contribution in [1.29, 1.82) is 0 Å². The first kappa shape index (κ1) is 15.8. The quantitative estimate of drug-likeness (QED) is 0.875. The summed E-state index contributed by atoms with van der Waals surface area (Å²) < 4.78 is 45.8. The number of benzene rings is 1. The van der Waals surface area contributed by atoms with Gasteiger partial charge in [0.15, 0.2) is 0 Å². The first-order valence-electron chi connectivity index (χ1n) is 6.06. The smallest absolute Gasteiger partial charge is 0.246 e. The van der Waals surface area contributed by atoms with E-state index in [2.05, 4.69) is 15.9 Å². The second kappa shape index (κ2) is 6.07. The van der Waals surface area contributed by atoms with Crippen LogP contribution < -0.4 is 0 Å². The Labute approximate surface area is 125 Å². The Morgan fingerprint density at radius 3 is 2.80 bits per heavy atom. The molecule has 0 bridgehead atoms. The highest BCUT2D eigenvalue weighted by atomic mass is 79.9. The van der Waals surface area contributed by atoms with Crippen LogP contribution in [0.2, 0.25) is 0 Å². The Bertz CT molecular complexity index is 595. The fourth-order valence-corrected chi connectivity index (χ4v) is 4.05.